The first-order chi connectivity index (χ1) is 12.9. The van der Waals surface area contributed by atoms with Gasteiger partial charge in [-0.05, 0) is 34.2 Å². The van der Waals surface area contributed by atoms with Crippen molar-refractivity contribution in [2.75, 3.05) is 16.8 Å². The van der Waals surface area contributed by atoms with Gasteiger partial charge in [0.05, 0.1) is 14.2 Å². The highest BCUT2D eigenvalue weighted by Crippen LogP contribution is 2.41. The van der Waals surface area contributed by atoms with Crippen LogP contribution in [0.1, 0.15) is 22.7 Å². The fraction of sp³-hybridized carbons (Fsp3) is 0.0667. The second-order valence-electron chi connectivity index (χ2n) is 5.37. The molecular weight excluding hydrogens is 465 g/mol. The van der Waals surface area contributed by atoms with Gasteiger partial charge in [0.2, 0.25) is 5.96 Å². The average molecular weight is 475 g/mol. The summed E-state index contributed by atoms with van der Waals surface area (Å²) in [5, 5.41) is 34.6. The molecule has 2 aromatic rings. The van der Waals surface area contributed by atoms with Gasteiger partial charge >= 0.3 is 0 Å². The van der Waals surface area contributed by atoms with Crippen LogP contribution < -0.4 is 22.1 Å². The Hall–Kier alpha value is -3.65. The first-order valence-corrected chi connectivity index (χ1v) is 8.38. The molecule has 27 heavy (non-hydrogen) atoms. The number of fused-ring (bicyclic) bond motifs is 1. The molecule has 1 aromatic carbocycles. The minimum Gasteiger partial charge on any atom is -0.397 e. The van der Waals surface area contributed by atoms with Gasteiger partial charge in [-0.1, -0.05) is 6.07 Å². The van der Waals surface area contributed by atoms with Crippen LogP contribution in [0.2, 0.25) is 0 Å². The number of nitrogens with zero attached hydrogens (tertiary/aromatic N) is 5. The fourth-order valence-electron chi connectivity index (χ4n) is 2.66. The molecule has 11 nitrogen and oxygen atoms in total. The van der Waals surface area contributed by atoms with Gasteiger partial charge in [0, 0.05) is 11.6 Å². The lowest BCUT2D eigenvalue weighted by molar-refractivity contribution is -0.385. The number of aliphatic imine (C=N–C) groups is 1. The van der Waals surface area contributed by atoms with E-state index in [2.05, 4.69) is 20.6 Å². The molecule has 0 fully saturated rings. The first-order valence-electron chi connectivity index (χ1n) is 7.30. The number of nitro benzene ring substituents is 1. The summed E-state index contributed by atoms with van der Waals surface area (Å²) in [5.74, 6) is 0.210. The largest absolute Gasteiger partial charge is 0.397 e. The SMILES string of the molecule is N#CNC1=NC(c2ccc(I)c([N+](=O)[O-])c2)c2c(nc(N)c(C#N)c2N)N1. The quantitative estimate of drug-likeness (QED) is 0.164. The highest BCUT2D eigenvalue weighted by molar-refractivity contribution is 14.1. The minimum absolute atomic E-state index is 0.00699. The number of guanidine groups is 1. The van der Waals surface area contributed by atoms with Crippen molar-refractivity contribution in [3.05, 3.63) is 48.6 Å². The summed E-state index contributed by atoms with van der Waals surface area (Å²) in [4.78, 5) is 19.3. The van der Waals surface area contributed by atoms with Crippen LogP contribution in [0.5, 0.6) is 0 Å². The number of nitrogens with one attached hydrogen (secondary N) is 2. The molecule has 1 aliphatic rings. The van der Waals surface area contributed by atoms with Crippen molar-refractivity contribution in [2.24, 2.45) is 4.99 Å². The van der Waals surface area contributed by atoms with Crippen LogP contribution in [0.15, 0.2) is 23.2 Å². The first kappa shape index (κ1) is 18.2. The monoisotopic (exact) mass is 475 g/mol. The zero-order chi connectivity index (χ0) is 19.7. The number of pyridine rings is 1. The number of hydrogen-bond acceptors (Lipinski definition) is 10. The molecule has 0 amide bonds. The molecule has 1 aliphatic heterocycles. The van der Waals surface area contributed by atoms with Gasteiger partial charge in [0.15, 0.2) is 6.19 Å². The molecule has 0 saturated heterocycles. The van der Waals surface area contributed by atoms with Crippen molar-refractivity contribution in [3.8, 4) is 12.3 Å². The van der Waals surface area contributed by atoms with Crippen molar-refractivity contribution in [3.63, 3.8) is 0 Å². The van der Waals surface area contributed by atoms with Crippen LogP contribution in [-0.2, 0) is 0 Å². The van der Waals surface area contributed by atoms with E-state index in [1.807, 2.05) is 28.7 Å². The Bertz CT molecular complexity index is 1080. The van der Waals surface area contributed by atoms with Crippen molar-refractivity contribution in [2.45, 2.75) is 6.04 Å². The standard InChI is InChI=1S/C15H10IN9O2/c16-8-2-1-6(3-9(8)25(26)27)12-10-11(19)7(4-17)13(20)23-14(10)24-15(22-12)21-5-18/h1-3,12H,(H6,19,20,21,22,23,24). The second-order valence-corrected chi connectivity index (χ2v) is 6.53. The summed E-state index contributed by atoms with van der Waals surface area (Å²) in [7, 11) is 0. The topological polar surface area (TPSA) is 192 Å². The van der Waals surface area contributed by atoms with Gasteiger partial charge < -0.3 is 16.8 Å². The van der Waals surface area contributed by atoms with Gasteiger partial charge in [0.25, 0.3) is 5.69 Å². The predicted octanol–water partition coefficient (Wildman–Crippen LogP) is 1.57. The second kappa shape index (κ2) is 6.93. The summed E-state index contributed by atoms with van der Waals surface area (Å²) in [6.45, 7) is 0. The molecular formula is C15H10IN9O2. The molecule has 1 unspecified atom stereocenters. The number of hydrogen-bond donors (Lipinski definition) is 4. The third-order valence-electron chi connectivity index (χ3n) is 3.84. The number of halogens is 1. The van der Waals surface area contributed by atoms with E-state index in [0.29, 0.717) is 14.7 Å². The number of nitro groups is 1. The minimum atomic E-state index is -0.826. The Morgan fingerprint density at radius 1 is 1.37 bits per heavy atom. The third kappa shape index (κ3) is 3.13. The lowest BCUT2D eigenvalue weighted by Gasteiger charge is -2.26. The summed E-state index contributed by atoms with van der Waals surface area (Å²) in [6, 6.07) is 5.68. The van der Waals surface area contributed by atoms with E-state index >= 15 is 0 Å². The van der Waals surface area contributed by atoms with Crippen LogP contribution in [0.25, 0.3) is 0 Å². The van der Waals surface area contributed by atoms with E-state index < -0.39 is 11.0 Å². The summed E-state index contributed by atoms with van der Waals surface area (Å²) in [6.07, 6.45) is 1.74. The molecule has 12 heteroatoms. The number of anilines is 3. The number of nitrogens with two attached hydrogens (primary N) is 2. The van der Waals surface area contributed by atoms with Crippen LogP contribution in [-0.4, -0.2) is 15.9 Å². The molecule has 2 heterocycles. The van der Waals surface area contributed by atoms with Crippen LogP contribution >= 0.6 is 22.6 Å². The number of benzene rings is 1. The molecule has 0 radical (unpaired) electrons. The Kier molecular flexibility index (Phi) is 4.66. The fourth-order valence-corrected chi connectivity index (χ4v) is 3.19. The van der Waals surface area contributed by atoms with Gasteiger partial charge in [-0.15, -0.1) is 0 Å². The van der Waals surface area contributed by atoms with Crippen molar-refractivity contribution >= 4 is 51.6 Å². The van der Waals surface area contributed by atoms with Gasteiger partial charge in [0.1, 0.15) is 29.3 Å². The number of nitriles is 2. The molecule has 134 valence electrons. The average Bonchev–Trinajstić information content (AvgIpc) is 2.61. The molecule has 1 atom stereocenters. The maximum Gasteiger partial charge on any atom is 0.283 e. The number of rotatable bonds is 2. The molecule has 0 aliphatic carbocycles. The summed E-state index contributed by atoms with van der Waals surface area (Å²) >= 11 is 1.86. The van der Waals surface area contributed by atoms with Crippen molar-refractivity contribution in [1.82, 2.24) is 10.3 Å². The lowest BCUT2D eigenvalue weighted by Crippen LogP contribution is -2.32. The van der Waals surface area contributed by atoms with E-state index in [9.17, 15) is 15.4 Å². The molecule has 0 saturated carbocycles. The molecule has 1 aromatic heterocycles. The molecule has 6 N–H and O–H groups in total. The van der Waals surface area contributed by atoms with Crippen molar-refractivity contribution < 1.29 is 4.92 Å². The predicted molar refractivity (Wildman–Crippen MR) is 105 cm³/mol. The Morgan fingerprint density at radius 3 is 2.74 bits per heavy atom. The zero-order valence-electron chi connectivity index (χ0n) is 13.4. The Labute approximate surface area is 166 Å². The van der Waals surface area contributed by atoms with Gasteiger partial charge in [-0.3, -0.25) is 15.4 Å². The number of nitrogen functional groups attached to an aromatic ring is 2. The normalized spacial score (nSPS) is 14.8. The van der Waals surface area contributed by atoms with Crippen LogP contribution in [0.3, 0.4) is 0 Å². The zero-order valence-corrected chi connectivity index (χ0v) is 15.6. The lowest BCUT2D eigenvalue weighted by atomic mass is 9.95. The van der Waals surface area contributed by atoms with Crippen LogP contribution in [0.4, 0.5) is 23.0 Å². The van der Waals surface area contributed by atoms with Crippen LogP contribution in [0, 0.1) is 36.5 Å². The van der Waals surface area contributed by atoms with E-state index in [1.54, 1.807) is 18.3 Å². The van der Waals surface area contributed by atoms with E-state index in [4.69, 9.17) is 16.7 Å². The molecule has 0 spiro atoms. The summed E-state index contributed by atoms with van der Waals surface area (Å²) < 4.78 is 0.455. The van der Waals surface area contributed by atoms with Gasteiger partial charge in [-0.2, -0.15) is 10.5 Å². The molecule has 0 bridgehead atoms. The van der Waals surface area contributed by atoms with E-state index in [1.165, 1.54) is 6.07 Å². The smallest absolute Gasteiger partial charge is 0.283 e. The molecule has 3 rings (SSSR count). The van der Waals surface area contributed by atoms with E-state index in [0.717, 1.165) is 0 Å². The van der Waals surface area contributed by atoms with Crippen molar-refractivity contribution in [1.29, 1.82) is 10.5 Å². The number of aromatic nitrogens is 1. The highest BCUT2D eigenvalue weighted by atomic mass is 127. The Balaban J connectivity index is 2.27. The van der Waals surface area contributed by atoms with E-state index in [-0.39, 0.29) is 34.5 Å². The summed E-state index contributed by atoms with van der Waals surface area (Å²) in [5.41, 5.74) is 12.7. The highest BCUT2D eigenvalue weighted by Gasteiger charge is 2.30. The van der Waals surface area contributed by atoms with Gasteiger partial charge in [-0.25, -0.2) is 9.98 Å². The maximum atomic E-state index is 11.3. The third-order valence-corrected chi connectivity index (χ3v) is 4.75. The Morgan fingerprint density at radius 2 is 2.11 bits per heavy atom. The maximum absolute atomic E-state index is 11.3.